The van der Waals surface area contributed by atoms with E-state index in [0.717, 1.165) is 18.6 Å². The molecule has 2 aromatic rings. The van der Waals surface area contributed by atoms with Crippen molar-refractivity contribution in [1.29, 1.82) is 0 Å². The topological polar surface area (TPSA) is 38.0 Å². The smallest absolute Gasteiger partial charge is 0.382 e. The van der Waals surface area contributed by atoms with Gasteiger partial charge in [-0.25, -0.2) is 4.39 Å². The largest absolute Gasteiger partial charge is 0.419 e. The van der Waals surface area contributed by atoms with E-state index < -0.39 is 29.2 Å². The number of aryl methyl sites for hydroxylation is 1. The molecule has 114 valence electrons. The van der Waals surface area contributed by atoms with Gasteiger partial charge in [0.15, 0.2) is 0 Å². The molecule has 2 rings (SSSR count). The lowest BCUT2D eigenvalue weighted by Crippen LogP contribution is -2.15. The van der Waals surface area contributed by atoms with Crippen molar-refractivity contribution in [2.24, 2.45) is 0 Å². The van der Waals surface area contributed by atoms with Gasteiger partial charge in [0.25, 0.3) is 0 Å². The minimum Gasteiger partial charge on any atom is -0.382 e. The fourth-order valence-corrected chi connectivity index (χ4v) is 2.11. The molecule has 0 aliphatic carbocycles. The van der Waals surface area contributed by atoms with E-state index in [-0.39, 0.29) is 5.69 Å². The third kappa shape index (κ3) is 3.07. The van der Waals surface area contributed by atoms with Crippen LogP contribution in [0.1, 0.15) is 36.3 Å². The molecule has 3 nitrogen and oxygen atoms in total. The van der Waals surface area contributed by atoms with Crippen LogP contribution in [0.2, 0.25) is 0 Å². The van der Waals surface area contributed by atoms with E-state index in [2.05, 4.69) is 5.10 Å². The van der Waals surface area contributed by atoms with Crippen LogP contribution in [0.5, 0.6) is 0 Å². The number of halogens is 4. The second-order valence-corrected chi connectivity index (χ2v) is 4.59. The summed E-state index contributed by atoms with van der Waals surface area (Å²) in [5.74, 6) is -1.46. The van der Waals surface area contributed by atoms with Crippen LogP contribution in [-0.2, 0) is 12.7 Å². The van der Waals surface area contributed by atoms with E-state index >= 15 is 0 Å². The first-order chi connectivity index (χ1) is 9.86. The molecule has 0 amide bonds. The van der Waals surface area contributed by atoms with Crippen molar-refractivity contribution in [2.75, 3.05) is 0 Å². The maximum atomic E-state index is 14.0. The molecule has 1 aromatic carbocycles. The fraction of sp³-hybridized carbons (Fsp3) is 0.357. The molecule has 1 atom stereocenters. The Hall–Kier alpha value is -1.89. The number of aliphatic hydroxyl groups is 1. The first kappa shape index (κ1) is 15.5. The molecule has 0 saturated carbocycles. The lowest BCUT2D eigenvalue weighted by atomic mass is 10.0. The number of hydrogen-bond donors (Lipinski definition) is 1. The van der Waals surface area contributed by atoms with Crippen molar-refractivity contribution in [1.82, 2.24) is 9.78 Å². The first-order valence-electron chi connectivity index (χ1n) is 6.41. The Labute approximate surface area is 118 Å². The Morgan fingerprint density at radius 1 is 1.29 bits per heavy atom. The van der Waals surface area contributed by atoms with Gasteiger partial charge in [0.2, 0.25) is 0 Å². The van der Waals surface area contributed by atoms with E-state index in [1.54, 1.807) is 0 Å². The van der Waals surface area contributed by atoms with Crippen molar-refractivity contribution >= 4 is 0 Å². The van der Waals surface area contributed by atoms with Crippen LogP contribution >= 0.6 is 0 Å². The number of aromatic nitrogens is 2. The van der Waals surface area contributed by atoms with Crippen molar-refractivity contribution in [3.05, 3.63) is 53.1 Å². The number of hydrogen-bond acceptors (Lipinski definition) is 2. The normalized spacial score (nSPS) is 13.4. The predicted molar refractivity (Wildman–Crippen MR) is 68.0 cm³/mol. The van der Waals surface area contributed by atoms with Crippen LogP contribution in [0.3, 0.4) is 0 Å². The Morgan fingerprint density at radius 2 is 2.00 bits per heavy atom. The average molecular weight is 302 g/mol. The predicted octanol–water partition coefficient (Wildman–Crippen LogP) is 3.53. The maximum absolute atomic E-state index is 14.0. The van der Waals surface area contributed by atoms with Crippen molar-refractivity contribution in [2.45, 2.75) is 32.2 Å². The summed E-state index contributed by atoms with van der Waals surface area (Å²) >= 11 is 0. The van der Waals surface area contributed by atoms with Crippen molar-refractivity contribution in [3.8, 4) is 0 Å². The number of alkyl halides is 3. The standard InChI is InChI=1S/C14H14F4N2O/c1-2-8-20-11(6-7-19-20)13(21)9-4-3-5-10(12(9)15)14(16,17)18/h3-7,13,21H,2,8H2,1H3. The molecular formula is C14H14F4N2O. The summed E-state index contributed by atoms with van der Waals surface area (Å²) in [5, 5.41) is 14.2. The molecular weight excluding hydrogens is 288 g/mol. The molecule has 1 unspecified atom stereocenters. The minimum atomic E-state index is -4.80. The molecule has 1 heterocycles. The zero-order valence-electron chi connectivity index (χ0n) is 11.2. The van der Waals surface area contributed by atoms with E-state index in [0.29, 0.717) is 12.6 Å². The zero-order valence-corrected chi connectivity index (χ0v) is 11.2. The maximum Gasteiger partial charge on any atom is 0.419 e. The Balaban J connectivity index is 2.44. The number of rotatable bonds is 4. The zero-order chi connectivity index (χ0) is 15.6. The highest BCUT2D eigenvalue weighted by molar-refractivity contribution is 5.33. The van der Waals surface area contributed by atoms with Crippen LogP contribution < -0.4 is 0 Å². The van der Waals surface area contributed by atoms with Gasteiger partial charge in [0.05, 0.1) is 11.3 Å². The second kappa shape index (κ2) is 5.85. The van der Waals surface area contributed by atoms with Gasteiger partial charge in [0, 0.05) is 18.3 Å². The van der Waals surface area contributed by atoms with Crippen LogP contribution in [0, 0.1) is 5.82 Å². The van der Waals surface area contributed by atoms with Gasteiger partial charge >= 0.3 is 6.18 Å². The molecule has 0 aliphatic rings. The fourth-order valence-electron chi connectivity index (χ4n) is 2.11. The van der Waals surface area contributed by atoms with E-state index in [9.17, 15) is 22.7 Å². The third-order valence-electron chi connectivity index (χ3n) is 3.09. The molecule has 7 heteroatoms. The summed E-state index contributed by atoms with van der Waals surface area (Å²) < 4.78 is 53.6. The van der Waals surface area contributed by atoms with E-state index in [1.807, 2.05) is 6.92 Å². The van der Waals surface area contributed by atoms with Crippen LogP contribution in [0.15, 0.2) is 30.5 Å². The lowest BCUT2D eigenvalue weighted by molar-refractivity contribution is -0.140. The van der Waals surface area contributed by atoms with Gasteiger partial charge in [0.1, 0.15) is 11.9 Å². The molecule has 21 heavy (non-hydrogen) atoms. The Bertz CT molecular complexity index is 622. The van der Waals surface area contributed by atoms with E-state index in [4.69, 9.17) is 0 Å². The minimum absolute atomic E-state index is 0.259. The van der Waals surface area contributed by atoms with Gasteiger partial charge in [-0.15, -0.1) is 0 Å². The molecule has 1 aromatic heterocycles. The lowest BCUT2D eigenvalue weighted by Gasteiger charge is -2.16. The van der Waals surface area contributed by atoms with E-state index in [1.165, 1.54) is 16.9 Å². The molecule has 0 radical (unpaired) electrons. The van der Waals surface area contributed by atoms with Gasteiger partial charge < -0.3 is 5.11 Å². The summed E-state index contributed by atoms with van der Waals surface area (Å²) in [7, 11) is 0. The van der Waals surface area contributed by atoms with Crippen LogP contribution in [0.4, 0.5) is 17.6 Å². The SMILES string of the molecule is CCCn1nccc1C(O)c1cccc(C(F)(F)F)c1F. The quantitative estimate of drug-likeness (QED) is 0.877. The van der Waals surface area contributed by atoms with Gasteiger partial charge in [-0.05, 0) is 18.6 Å². The van der Waals surface area contributed by atoms with Crippen molar-refractivity contribution in [3.63, 3.8) is 0 Å². The first-order valence-corrected chi connectivity index (χ1v) is 6.41. The Morgan fingerprint density at radius 3 is 2.62 bits per heavy atom. The molecule has 1 N–H and O–H groups in total. The molecule has 0 fully saturated rings. The van der Waals surface area contributed by atoms with Crippen LogP contribution in [0.25, 0.3) is 0 Å². The van der Waals surface area contributed by atoms with Crippen LogP contribution in [-0.4, -0.2) is 14.9 Å². The molecule has 0 bridgehead atoms. The summed E-state index contributed by atoms with van der Waals surface area (Å²) in [6.07, 6.45) is -4.16. The number of benzene rings is 1. The highest BCUT2D eigenvalue weighted by Crippen LogP contribution is 2.35. The number of aliphatic hydroxyl groups excluding tert-OH is 1. The summed E-state index contributed by atoms with van der Waals surface area (Å²) in [6, 6.07) is 4.32. The summed E-state index contributed by atoms with van der Waals surface area (Å²) in [4.78, 5) is 0. The second-order valence-electron chi connectivity index (χ2n) is 4.59. The highest BCUT2D eigenvalue weighted by atomic mass is 19.4. The van der Waals surface area contributed by atoms with Crippen molar-refractivity contribution < 1.29 is 22.7 Å². The average Bonchev–Trinajstić information content (AvgIpc) is 2.85. The number of nitrogens with zero attached hydrogens (tertiary/aromatic N) is 2. The van der Waals surface area contributed by atoms with Gasteiger partial charge in [-0.2, -0.15) is 18.3 Å². The van der Waals surface area contributed by atoms with Gasteiger partial charge in [-0.1, -0.05) is 19.1 Å². The summed E-state index contributed by atoms with van der Waals surface area (Å²) in [5.41, 5.74) is -1.54. The third-order valence-corrected chi connectivity index (χ3v) is 3.09. The molecule has 0 spiro atoms. The van der Waals surface area contributed by atoms with Gasteiger partial charge in [-0.3, -0.25) is 4.68 Å². The Kier molecular flexibility index (Phi) is 4.32. The highest BCUT2D eigenvalue weighted by Gasteiger charge is 2.36. The molecule has 0 saturated heterocycles. The summed E-state index contributed by atoms with van der Waals surface area (Å²) in [6.45, 7) is 2.38. The molecule has 0 aliphatic heterocycles. The monoisotopic (exact) mass is 302 g/mol.